The number of hydrogen-bond donors (Lipinski definition) is 0. The minimum Gasteiger partial charge on any atom is -0.245 e. The molecular formula is C11H16F3NS. The molecule has 0 spiro atoms. The van der Waals surface area contributed by atoms with Crippen molar-refractivity contribution in [3.05, 3.63) is 15.6 Å². The molecule has 0 saturated carbocycles. The summed E-state index contributed by atoms with van der Waals surface area (Å²) in [4.78, 5) is 3.59. The van der Waals surface area contributed by atoms with Crippen molar-refractivity contribution in [3.63, 3.8) is 0 Å². The molecule has 0 amide bonds. The van der Waals surface area contributed by atoms with Gasteiger partial charge in [0.1, 0.15) is 4.88 Å². The van der Waals surface area contributed by atoms with Gasteiger partial charge < -0.3 is 0 Å². The topological polar surface area (TPSA) is 12.9 Å². The lowest BCUT2D eigenvalue weighted by Crippen LogP contribution is -2.18. The Hall–Kier alpha value is -0.580. The summed E-state index contributed by atoms with van der Waals surface area (Å²) in [5.41, 5.74) is -0.414. The summed E-state index contributed by atoms with van der Waals surface area (Å²) in [6.45, 7) is 8.96. The molecule has 0 saturated heterocycles. The molecule has 0 radical (unpaired) electrons. The minimum absolute atomic E-state index is 0.0298. The van der Waals surface area contributed by atoms with Crippen molar-refractivity contribution in [1.29, 1.82) is 0 Å². The Balaban J connectivity index is 3.36. The summed E-state index contributed by atoms with van der Waals surface area (Å²) >= 11 is 0.765. The van der Waals surface area contributed by atoms with Gasteiger partial charge in [0, 0.05) is 11.3 Å². The van der Waals surface area contributed by atoms with Gasteiger partial charge in [-0.25, -0.2) is 4.98 Å². The van der Waals surface area contributed by atoms with Crippen LogP contribution in [0.1, 0.15) is 56.1 Å². The van der Waals surface area contributed by atoms with Gasteiger partial charge >= 0.3 is 6.18 Å². The van der Waals surface area contributed by atoms with E-state index >= 15 is 0 Å². The minimum atomic E-state index is -4.30. The van der Waals surface area contributed by atoms with Crippen molar-refractivity contribution in [2.75, 3.05) is 0 Å². The van der Waals surface area contributed by atoms with E-state index in [0.29, 0.717) is 5.01 Å². The maximum atomic E-state index is 12.8. The molecule has 0 aliphatic rings. The molecule has 0 aliphatic heterocycles. The van der Waals surface area contributed by atoms with Crippen LogP contribution in [0.4, 0.5) is 13.2 Å². The number of nitrogens with zero attached hydrogens (tertiary/aromatic N) is 1. The summed E-state index contributed by atoms with van der Waals surface area (Å²) < 4.78 is 38.5. The van der Waals surface area contributed by atoms with Crippen LogP contribution in [0, 0.1) is 0 Å². The van der Waals surface area contributed by atoms with Crippen LogP contribution < -0.4 is 0 Å². The predicted octanol–water partition coefficient (Wildman–Crippen LogP) is 4.58. The van der Waals surface area contributed by atoms with E-state index in [4.69, 9.17) is 0 Å². The first-order valence-electron chi connectivity index (χ1n) is 5.12. The van der Waals surface area contributed by atoms with Gasteiger partial charge in [-0.15, -0.1) is 11.3 Å². The van der Waals surface area contributed by atoms with Crippen LogP contribution in [0.2, 0.25) is 0 Å². The molecule has 1 aromatic heterocycles. The van der Waals surface area contributed by atoms with Crippen molar-refractivity contribution in [1.82, 2.24) is 4.98 Å². The zero-order valence-electron chi connectivity index (χ0n) is 10.1. The van der Waals surface area contributed by atoms with Gasteiger partial charge in [-0.3, -0.25) is 0 Å². The second-order valence-electron chi connectivity index (χ2n) is 5.13. The van der Waals surface area contributed by atoms with Crippen LogP contribution >= 0.6 is 11.3 Å². The van der Waals surface area contributed by atoms with Crippen molar-refractivity contribution in [2.24, 2.45) is 0 Å². The average Bonchev–Trinajstić information content (AvgIpc) is 2.44. The van der Waals surface area contributed by atoms with Crippen LogP contribution in [0.5, 0.6) is 0 Å². The molecule has 0 aliphatic carbocycles. The number of hydrogen-bond acceptors (Lipinski definition) is 2. The van der Waals surface area contributed by atoms with Crippen LogP contribution in [0.15, 0.2) is 0 Å². The van der Waals surface area contributed by atoms with Gasteiger partial charge in [0.15, 0.2) is 0 Å². The van der Waals surface area contributed by atoms with Crippen LogP contribution in [-0.2, 0) is 11.6 Å². The second kappa shape index (κ2) is 4.02. The van der Waals surface area contributed by atoms with Crippen LogP contribution in [0.3, 0.4) is 0 Å². The highest BCUT2D eigenvalue weighted by molar-refractivity contribution is 7.12. The quantitative estimate of drug-likeness (QED) is 0.711. The summed E-state index contributed by atoms with van der Waals surface area (Å²) in [6.07, 6.45) is -4.30. The van der Waals surface area contributed by atoms with Crippen LogP contribution in [0.25, 0.3) is 0 Å². The van der Waals surface area contributed by atoms with E-state index in [1.165, 1.54) is 0 Å². The molecule has 0 unspecified atom stereocenters. The molecule has 1 aromatic rings. The van der Waals surface area contributed by atoms with Gasteiger partial charge in [-0.2, -0.15) is 13.2 Å². The van der Waals surface area contributed by atoms with Crippen molar-refractivity contribution in [2.45, 2.75) is 52.1 Å². The third-order valence-electron chi connectivity index (χ3n) is 2.11. The highest BCUT2D eigenvalue weighted by Gasteiger charge is 2.40. The molecule has 1 rings (SSSR count). The van der Waals surface area contributed by atoms with E-state index in [1.807, 2.05) is 13.8 Å². The summed E-state index contributed by atoms with van der Waals surface area (Å²) in [5, 5.41) is 0.553. The number of rotatable bonds is 1. The van der Waals surface area contributed by atoms with E-state index < -0.39 is 16.5 Å². The molecule has 0 aromatic carbocycles. The molecule has 1 nitrogen and oxygen atoms in total. The summed E-state index contributed by atoms with van der Waals surface area (Å²) in [5.74, 6) is 0.0298. The molecule has 92 valence electrons. The molecular weight excluding hydrogens is 235 g/mol. The molecule has 5 heteroatoms. The van der Waals surface area contributed by atoms with Gasteiger partial charge in [0.05, 0.1) is 10.7 Å². The molecule has 0 N–H and O–H groups in total. The molecule has 16 heavy (non-hydrogen) atoms. The van der Waals surface area contributed by atoms with Gasteiger partial charge in [-0.1, -0.05) is 34.6 Å². The maximum Gasteiger partial charge on any atom is 0.427 e. The van der Waals surface area contributed by atoms with Gasteiger partial charge in [0.25, 0.3) is 0 Å². The summed E-state index contributed by atoms with van der Waals surface area (Å²) in [6, 6.07) is 0. The fourth-order valence-electron chi connectivity index (χ4n) is 1.28. The normalized spacial score (nSPS) is 13.6. The monoisotopic (exact) mass is 251 g/mol. The SMILES string of the molecule is CC(C)c1nc(C(C)(C)C)c(C(F)(F)F)s1. The Labute approximate surface area is 97.7 Å². The molecule has 0 fully saturated rings. The standard InChI is InChI=1S/C11H16F3NS/c1-6(2)9-15-7(10(3,4)5)8(16-9)11(12,13)14/h6H,1-5H3. The van der Waals surface area contributed by atoms with Crippen molar-refractivity contribution >= 4 is 11.3 Å². The first-order valence-corrected chi connectivity index (χ1v) is 5.93. The zero-order valence-corrected chi connectivity index (χ0v) is 10.9. The number of aromatic nitrogens is 1. The Bertz CT molecular complexity index is 340. The highest BCUT2D eigenvalue weighted by Crippen LogP contribution is 2.42. The molecule has 1 heterocycles. The Morgan fingerprint density at radius 3 is 1.88 bits per heavy atom. The third kappa shape index (κ3) is 2.75. The largest absolute Gasteiger partial charge is 0.427 e. The average molecular weight is 251 g/mol. The zero-order chi connectivity index (χ0) is 12.7. The van der Waals surface area contributed by atoms with Crippen molar-refractivity contribution < 1.29 is 13.2 Å². The predicted molar refractivity (Wildman–Crippen MR) is 59.9 cm³/mol. The smallest absolute Gasteiger partial charge is 0.245 e. The van der Waals surface area contributed by atoms with Crippen molar-refractivity contribution in [3.8, 4) is 0 Å². The highest BCUT2D eigenvalue weighted by atomic mass is 32.1. The third-order valence-corrected chi connectivity index (χ3v) is 3.51. The van der Waals surface area contributed by atoms with Gasteiger partial charge in [-0.05, 0) is 0 Å². The van der Waals surface area contributed by atoms with E-state index in [2.05, 4.69) is 4.98 Å². The molecule has 0 atom stereocenters. The maximum absolute atomic E-state index is 12.8. The molecule has 0 bridgehead atoms. The lowest BCUT2D eigenvalue weighted by molar-refractivity contribution is -0.135. The van der Waals surface area contributed by atoms with Crippen LogP contribution in [-0.4, -0.2) is 4.98 Å². The lowest BCUT2D eigenvalue weighted by Gasteiger charge is -2.18. The number of alkyl halides is 3. The van der Waals surface area contributed by atoms with Gasteiger partial charge in [0.2, 0.25) is 0 Å². The van der Waals surface area contributed by atoms with E-state index in [1.54, 1.807) is 20.8 Å². The number of halogens is 3. The van der Waals surface area contributed by atoms with E-state index in [9.17, 15) is 13.2 Å². The Kier molecular flexibility index (Phi) is 3.39. The second-order valence-corrected chi connectivity index (χ2v) is 6.16. The summed E-state index contributed by atoms with van der Waals surface area (Å²) in [7, 11) is 0. The van der Waals surface area contributed by atoms with E-state index in [-0.39, 0.29) is 11.6 Å². The van der Waals surface area contributed by atoms with E-state index in [0.717, 1.165) is 11.3 Å². The lowest BCUT2D eigenvalue weighted by atomic mass is 9.91. The Morgan fingerprint density at radius 2 is 1.62 bits per heavy atom. The fourth-order valence-corrected chi connectivity index (χ4v) is 2.43. The first-order chi connectivity index (χ1) is 7.03. The fraction of sp³-hybridized carbons (Fsp3) is 0.727. The Morgan fingerprint density at radius 1 is 1.12 bits per heavy atom. The first kappa shape index (κ1) is 13.5. The number of thiazole rings is 1.